The Hall–Kier alpha value is -3.29. The van der Waals surface area contributed by atoms with Crippen molar-refractivity contribution in [3.8, 4) is 0 Å². The molecular weight excluding hydrogens is 390 g/mol. The molecule has 6 nitrogen and oxygen atoms in total. The number of amides is 2. The largest absolute Gasteiger partial charge is 0.350 e. The smallest absolute Gasteiger partial charge is 0.271 e. The molecule has 2 amide bonds. The Bertz CT molecular complexity index is 1060. The molecule has 0 radical (unpaired) electrons. The van der Waals surface area contributed by atoms with E-state index in [1.54, 1.807) is 19.2 Å². The Labute approximate surface area is 172 Å². The van der Waals surface area contributed by atoms with Gasteiger partial charge in [-0.15, -0.1) is 0 Å². The van der Waals surface area contributed by atoms with E-state index in [4.69, 9.17) is 0 Å². The van der Waals surface area contributed by atoms with Gasteiger partial charge in [0.15, 0.2) is 0 Å². The number of carbonyl (C=O) groups is 2. The van der Waals surface area contributed by atoms with Crippen LogP contribution in [0.4, 0.5) is 8.78 Å². The Morgan fingerprint density at radius 1 is 1.27 bits per heavy atom. The maximum Gasteiger partial charge on any atom is 0.271 e. The quantitative estimate of drug-likeness (QED) is 0.820. The van der Waals surface area contributed by atoms with Gasteiger partial charge in [-0.2, -0.15) is 0 Å². The van der Waals surface area contributed by atoms with Gasteiger partial charge in [0, 0.05) is 43.0 Å². The molecule has 0 saturated carbocycles. The van der Waals surface area contributed by atoms with Crippen molar-refractivity contribution in [1.29, 1.82) is 0 Å². The number of carbonyl (C=O) groups excluding carboxylic acids is 2. The second kappa shape index (κ2) is 7.85. The van der Waals surface area contributed by atoms with Crippen LogP contribution in [0.15, 0.2) is 48.6 Å². The second-order valence-electron chi connectivity index (χ2n) is 7.64. The number of nitrogens with zero attached hydrogens (tertiary/aromatic N) is 3. The third kappa shape index (κ3) is 3.65. The van der Waals surface area contributed by atoms with Gasteiger partial charge in [-0.1, -0.05) is 13.0 Å². The van der Waals surface area contributed by atoms with E-state index >= 15 is 0 Å². The van der Waals surface area contributed by atoms with E-state index in [1.165, 1.54) is 21.7 Å². The number of rotatable bonds is 5. The molecule has 2 atom stereocenters. The molecule has 1 aliphatic carbocycles. The van der Waals surface area contributed by atoms with Crippen LogP contribution in [0.25, 0.3) is 5.70 Å². The number of fused-ring (bicyclic) bond motifs is 3. The van der Waals surface area contributed by atoms with Crippen molar-refractivity contribution in [3.05, 3.63) is 71.3 Å². The number of hydrogen-bond acceptors (Lipinski definition) is 3. The van der Waals surface area contributed by atoms with E-state index in [2.05, 4.69) is 10.3 Å². The minimum atomic E-state index is -0.603. The first-order valence-electron chi connectivity index (χ1n) is 9.80. The molecule has 4 rings (SSSR count). The number of hydrogen-bond donors (Lipinski definition) is 1. The highest BCUT2D eigenvalue weighted by atomic mass is 19.1. The molecule has 30 heavy (non-hydrogen) atoms. The molecule has 2 aromatic rings. The van der Waals surface area contributed by atoms with Crippen LogP contribution in [-0.2, 0) is 11.3 Å². The normalized spacial score (nSPS) is 20.3. The van der Waals surface area contributed by atoms with E-state index in [-0.39, 0.29) is 36.9 Å². The Morgan fingerprint density at radius 3 is 2.80 bits per heavy atom. The highest BCUT2D eigenvalue weighted by Crippen LogP contribution is 2.38. The van der Waals surface area contributed by atoms with Gasteiger partial charge in [-0.25, -0.2) is 8.78 Å². The van der Waals surface area contributed by atoms with Crippen molar-refractivity contribution in [1.82, 2.24) is 19.8 Å². The minimum Gasteiger partial charge on any atom is -0.350 e. The van der Waals surface area contributed by atoms with Gasteiger partial charge in [-0.3, -0.25) is 14.6 Å². The highest BCUT2D eigenvalue weighted by Gasteiger charge is 2.42. The van der Waals surface area contributed by atoms with Crippen LogP contribution in [0, 0.1) is 18.7 Å². The third-order valence-electron chi connectivity index (χ3n) is 5.52. The zero-order chi connectivity index (χ0) is 21.4. The van der Waals surface area contributed by atoms with Crippen LogP contribution in [0.3, 0.4) is 0 Å². The van der Waals surface area contributed by atoms with Crippen LogP contribution in [0.2, 0.25) is 0 Å². The maximum absolute atomic E-state index is 14.3. The predicted octanol–water partition coefficient (Wildman–Crippen LogP) is 3.21. The summed E-state index contributed by atoms with van der Waals surface area (Å²) in [6.07, 6.45) is 5.90. The molecule has 3 heterocycles. The molecule has 0 spiro atoms. The molecule has 0 saturated heterocycles. The zero-order valence-corrected chi connectivity index (χ0v) is 16.7. The van der Waals surface area contributed by atoms with Crippen molar-refractivity contribution in [3.63, 3.8) is 0 Å². The molecule has 0 fully saturated rings. The van der Waals surface area contributed by atoms with Crippen molar-refractivity contribution in [2.45, 2.75) is 32.9 Å². The second-order valence-corrected chi connectivity index (χ2v) is 7.64. The number of pyridine rings is 1. The third-order valence-corrected chi connectivity index (χ3v) is 5.52. The predicted molar refractivity (Wildman–Crippen MR) is 107 cm³/mol. The number of halogens is 2. The number of allylic oxidation sites excluding steroid dienone is 2. The standard InChI is InChI=1S/C22H22F2N4O2/c1-13-3-4-16(25-10-13)11-26-20(29)7-8-27-21-14(2)17(24)5-6-18(21)28-12-15(23)9-19(28)22(27)30/h3-6,9-10,12,14,21H,7-8,11H2,1-2H3,(H,26,29). The van der Waals surface area contributed by atoms with Crippen LogP contribution in [-0.4, -0.2) is 38.9 Å². The number of aryl methyl sites for hydroxylation is 1. The van der Waals surface area contributed by atoms with Gasteiger partial charge in [0.1, 0.15) is 17.3 Å². The van der Waals surface area contributed by atoms with Gasteiger partial charge >= 0.3 is 0 Å². The van der Waals surface area contributed by atoms with Crippen LogP contribution >= 0.6 is 0 Å². The molecular formula is C22H22F2N4O2. The van der Waals surface area contributed by atoms with E-state index in [0.717, 1.165) is 17.3 Å². The molecule has 1 aliphatic heterocycles. The van der Waals surface area contributed by atoms with Crippen molar-refractivity contribution >= 4 is 17.5 Å². The molecule has 8 heteroatoms. The van der Waals surface area contributed by atoms with Gasteiger partial charge in [0.05, 0.1) is 18.3 Å². The summed E-state index contributed by atoms with van der Waals surface area (Å²) in [7, 11) is 0. The van der Waals surface area contributed by atoms with Crippen molar-refractivity contribution in [2.75, 3.05) is 6.54 Å². The number of nitrogens with one attached hydrogen (secondary N) is 1. The summed E-state index contributed by atoms with van der Waals surface area (Å²) in [4.78, 5) is 31.0. The summed E-state index contributed by atoms with van der Waals surface area (Å²) in [5.41, 5.74) is 2.55. The molecule has 2 unspecified atom stereocenters. The van der Waals surface area contributed by atoms with Gasteiger partial charge < -0.3 is 14.8 Å². The number of aromatic nitrogens is 2. The lowest BCUT2D eigenvalue weighted by Gasteiger charge is -2.42. The average molecular weight is 412 g/mol. The topological polar surface area (TPSA) is 67.2 Å². The summed E-state index contributed by atoms with van der Waals surface area (Å²) < 4.78 is 29.6. The van der Waals surface area contributed by atoms with E-state index in [1.807, 2.05) is 19.1 Å². The molecule has 1 N–H and O–H groups in total. The van der Waals surface area contributed by atoms with Gasteiger partial charge in [0.25, 0.3) is 5.91 Å². The van der Waals surface area contributed by atoms with Crippen LogP contribution in [0.5, 0.6) is 0 Å². The molecule has 0 bridgehead atoms. The highest BCUT2D eigenvalue weighted by molar-refractivity contribution is 5.98. The fourth-order valence-electron chi connectivity index (χ4n) is 3.90. The van der Waals surface area contributed by atoms with Gasteiger partial charge in [0.2, 0.25) is 5.91 Å². The monoisotopic (exact) mass is 412 g/mol. The SMILES string of the molecule is Cc1ccc(CNC(=O)CCN2C(=O)c3cc(F)cn3C3=CC=C(F)C(C)C32)nc1. The summed E-state index contributed by atoms with van der Waals surface area (Å²) in [5.74, 6) is -2.15. The summed E-state index contributed by atoms with van der Waals surface area (Å²) in [5, 5.41) is 2.78. The van der Waals surface area contributed by atoms with E-state index in [9.17, 15) is 18.4 Å². The summed E-state index contributed by atoms with van der Waals surface area (Å²) in [6, 6.07) is 4.31. The first-order chi connectivity index (χ1) is 14.3. The lowest BCUT2D eigenvalue weighted by Crippen LogP contribution is -2.51. The van der Waals surface area contributed by atoms with Crippen molar-refractivity contribution < 1.29 is 18.4 Å². The van der Waals surface area contributed by atoms with Crippen molar-refractivity contribution in [2.24, 2.45) is 5.92 Å². The Kier molecular flexibility index (Phi) is 5.24. The summed E-state index contributed by atoms with van der Waals surface area (Å²) >= 11 is 0. The fraction of sp³-hybridized carbons (Fsp3) is 0.318. The lowest BCUT2D eigenvalue weighted by molar-refractivity contribution is -0.121. The Morgan fingerprint density at radius 2 is 2.07 bits per heavy atom. The van der Waals surface area contributed by atoms with Crippen LogP contribution in [0.1, 0.15) is 35.1 Å². The zero-order valence-electron chi connectivity index (χ0n) is 16.7. The van der Waals surface area contributed by atoms with E-state index < -0.39 is 23.7 Å². The lowest BCUT2D eigenvalue weighted by atomic mass is 9.89. The average Bonchev–Trinajstić information content (AvgIpc) is 3.12. The molecule has 2 aliphatic rings. The minimum absolute atomic E-state index is 0.0443. The van der Waals surface area contributed by atoms with Crippen LogP contribution < -0.4 is 5.32 Å². The summed E-state index contributed by atoms with van der Waals surface area (Å²) in [6.45, 7) is 3.99. The first-order valence-corrected chi connectivity index (χ1v) is 9.80. The first kappa shape index (κ1) is 20.0. The fourth-order valence-corrected chi connectivity index (χ4v) is 3.90. The molecule has 156 valence electrons. The Balaban J connectivity index is 1.48. The van der Waals surface area contributed by atoms with Gasteiger partial charge in [-0.05, 0) is 30.7 Å². The molecule has 0 aromatic carbocycles. The maximum atomic E-state index is 14.3. The molecule has 2 aromatic heterocycles. The van der Waals surface area contributed by atoms with E-state index in [0.29, 0.717) is 5.70 Å².